The van der Waals surface area contributed by atoms with Gasteiger partial charge in [0.25, 0.3) is 0 Å². The lowest BCUT2D eigenvalue weighted by Gasteiger charge is -2.28. The number of hydrogen-bond acceptors (Lipinski definition) is 4. The lowest BCUT2D eigenvalue weighted by atomic mass is 10.0. The summed E-state index contributed by atoms with van der Waals surface area (Å²) in [5, 5.41) is 11.4. The number of amides is 1. The molecule has 1 aliphatic rings. The first-order valence-corrected chi connectivity index (χ1v) is 9.85. The molecule has 1 rings (SSSR count). The number of unbranched alkanes of at least 4 members (excludes halogenated alkanes) is 3. The summed E-state index contributed by atoms with van der Waals surface area (Å²) in [6, 6.07) is -0.644. The Bertz CT molecular complexity index is 504. The second-order valence-corrected chi connectivity index (χ2v) is 8.36. The highest BCUT2D eigenvalue weighted by atomic mass is 32.2. The minimum Gasteiger partial charge on any atom is -0.481 e. The summed E-state index contributed by atoms with van der Waals surface area (Å²) in [5.41, 5.74) is 0. The van der Waals surface area contributed by atoms with Crippen LogP contribution < -0.4 is 5.32 Å². The highest BCUT2D eigenvalue weighted by molar-refractivity contribution is 7.89. The number of aliphatic carboxylic acids is 1. The van der Waals surface area contributed by atoms with Crippen molar-refractivity contribution in [2.45, 2.75) is 58.4 Å². The van der Waals surface area contributed by atoms with Crippen molar-refractivity contribution >= 4 is 21.9 Å². The molecule has 1 heterocycles. The van der Waals surface area contributed by atoms with E-state index in [1.807, 2.05) is 13.8 Å². The standard InChI is InChI=1S/C15H28N2O5S/c1-12(2)14(17-10-7-11-23(17,21)22)15(20)16-9-6-4-3-5-8-13(18)19/h12,14H,3-11H2,1-2H3,(H,16,20)(H,18,19). The van der Waals surface area contributed by atoms with E-state index in [0.717, 1.165) is 19.3 Å². The molecule has 0 radical (unpaired) electrons. The Morgan fingerprint density at radius 3 is 2.35 bits per heavy atom. The fraction of sp³-hybridized carbons (Fsp3) is 0.867. The zero-order chi connectivity index (χ0) is 17.5. The van der Waals surface area contributed by atoms with E-state index in [0.29, 0.717) is 25.9 Å². The predicted octanol–water partition coefficient (Wildman–Crippen LogP) is 1.20. The highest BCUT2D eigenvalue weighted by Crippen LogP contribution is 2.22. The SMILES string of the molecule is CC(C)C(C(=O)NCCCCCCC(=O)O)N1CCCS1(=O)=O. The third-order valence-corrected chi connectivity index (χ3v) is 5.89. The average Bonchev–Trinajstić information content (AvgIpc) is 2.77. The first kappa shape index (κ1) is 19.9. The van der Waals surface area contributed by atoms with Gasteiger partial charge in [-0.05, 0) is 25.2 Å². The first-order chi connectivity index (χ1) is 10.8. The van der Waals surface area contributed by atoms with Crippen molar-refractivity contribution in [1.82, 2.24) is 9.62 Å². The van der Waals surface area contributed by atoms with Crippen LogP contribution in [-0.2, 0) is 19.6 Å². The van der Waals surface area contributed by atoms with Gasteiger partial charge in [0.05, 0.1) is 5.75 Å². The van der Waals surface area contributed by atoms with Crippen molar-refractivity contribution < 1.29 is 23.1 Å². The second-order valence-electron chi connectivity index (χ2n) is 6.32. The van der Waals surface area contributed by atoms with Gasteiger partial charge in [-0.25, -0.2) is 8.42 Å². The number of sulfonamides is 1. The van der Waals surface area contributed by atoms with E-state index >= 15 is 0 Å². The van der Waals surface area contributed by atoms with E-state index in [1.165, 1.54) is 4.31 Å². The Morgan fingerprint density at radius 1 is 1.17 bits per heavy atom. The molecule has 2 N–H and O–H groups in total. The van der Waals surface area contributed by atoms with E-state index in [-0.39, 0.29) is 24.0 Å². The fourth-order valence-corrected chi connectivity index (χ4v) is 4.63. The van der Waals surface area contributed by atoms with Crippen molar-refractivity contribution in [1.29, 1.82) is 0 Å². The number of hydrogen-bond donors (Lipinski definition) is 2. The number of carboxylic acids is 1. The molecule has 1 atom stereocenters. The first-order valence-electron chi connectivity index (χ1n) is 8.24. The Hall–Kier alpha value is -1.15. The third kappa shape index (κ3) is 6.47. The molecule has 1 fully saturated rings. The molecule has 23 heavy (non-hydrogen) atoms. The quantitative estimate of drug-likeness (QED) is 0.577. The number of nitrogens with one attached hydrogen (secondary N) is 1. The summed E-state index contributed by atoms with van der Waals surface area (Å²) in [4.78, 5) is 22.7. The van der Waals surface area contributed by atoms with Gasteiger partial charge >= 0.3 is 5.97 Å². The van der Waals surface area contributed by atoms with E-state index in [1.54, 1.807) is 0 Å². The molecule has 1 unspecified atom stereocenters. The van der Waals surface area contributed by atoms with Crippen molar-refractivity contribution in [3.05, 3.63) is 0 Å². The maximum absolute atomic E-state index is 12.3. The molecule has 1 saturated heterocycles. The number of carboxylic acid groups (broad SMARTS) is 1. The Labute approximate surface area is 138 Å². The molecule has 7 nitrogen and oxygen atoms in total. The van der Waals surface area contributed by atoms with Crippen LogP contribution in [0.2, 0.25) is 0 Å². The normalized spacial score (nSPS) is 18.9. The topological polar surface area (TPSA) is 104 Å². The molecule has 134 valence electrons. The Morgan fingerprint density at radius 2 is 1.83 bits per heavy atom. The maximum Gasteiger partial charge on any atom is 0.303 e. The number of carbonyl (C=O) groups is 2. The van der Waals surface area contributed by atoms with Crippen molar-refractivity contribution in [2.75, 3.05) is 18.8 Å². The minimum atomic E-state index is -3.31. The average molecular weight is 348 g/mol. The van der Waals surface area contributed by atoms with Crippen molar-refractivity contribution in [3.63, 3.8) is 0 Å². The summed E-state index contributed by atoms with van der Waals surface area (Å²) in [6.45, 7) is 4.60. The van der Waals surface area contributed by atoms with Gasteiger partial charge in [-0.3, -0.25) is 9.59 Å². The van der Waals surface area contributed by atoms with Crippen LogP contribution in [-0.4, -0.2) is 54.6 Å². The Kier molecular flexibility index (Phi) is 7.98. The minimum absolute atomic E-state index is 0.0848. The van der Waals surface area contributed by atoms with Crippen LogP contribution in [0.3, 0.4) is 0 Å². The molecule has 1 amide bonds. The molecular weight excluding hydrogens is 320 g/mol. The van der Waals surface area contributed by atoms with Crippen LogP contribution in [0.1, 0.15) is 52.4 Å². The van der Waals surface area contributed by atoms with Crippen molar-refractivity contribution in [3.8, 4) is 0 Å². The van der Waals surface area contributed by atoms with Gasteiger partial charge < -0.3 is 10.4 Å². The van der Waals surface area contributed by atoms with Gasteiger partial charge in [-0.1, -0.05) is 26.7 Å². The molecule has 0 aromatic heterocycles. The summed E-state index contributed by atoms with van der Waals surface area (Å²) in [5.74, 6) is -0.994. The molecule has 0 aromatic rings. The number of rotatable bonds is 10. The second kappa shape index (κ2) is 9.22. The van der Waals surface area contributed by atoms with Crippen LogP contribution in [0.5, 0.6) is 0 Å². The Balaban J connectivity index is 2.37. The summed E-state index contributed by atoms with van der Waals surface area (Å²) in [6.07, 6.45) is 3.82. The van der Waals surface area contributed by atoms with E-state index in [2.05, 4.69) is 5.32 Å². The molecular formula is C15H28N2O5S. The van der Waals surface area contributed by atoms with Crippen LogP contribution in [0.4, 0.5) is 0 Å². The lowest BCUT2D eigenvalue weighted by Crippen LogP contribution is -2.50. The van der Waals surface area contributed by atoms with Crippen LogP contribution in [0.25, 0.3) is 0 Å². The van der Waals surface area contributed by atoms with Crippen LogP contribution in [0.15, 0.2) is 0 Å². The molecule has 0 aliphatic carbocycles. The highest BCUT2D eigenvalue weighted by Gasteiger charge is 2.39. The zero-order valence-electron chi connectivity index (χ0n) is 14.0. The van der Waals surface area contributed by atoms with Gasteiger partial charge in [0.2, 0.25) is 15.9 Å². The third-order valence-electron chi connectivity index (χ3n) is 3.97. The smallest absolute Gasteiger partial charge is 0.303 e. The monoisotopic (exact) mass is 348 g/mol. The summed E-state index contributed by atoms with van der Waals surface area (Å²) < 4.78 is 25.4. The van der Waals surface area contributed by atoms with Gasteiger partial charge in [0, 0.05) is 19.5 Å². The van der Waals surface area contributed by atoms with Gasteiger partial charge in [-0.2, -0.15) is 4.31 Å². The van der Waals surface area contributed by atoms with E-state index in [4.69, 9.17) is 5.11 Å². The van der Waals surface area contributed by atoms with Gasteiger partial charge in [0.1, 0.15) is 6.04 Å². The zero-order valence-corrected chi connectivity index (χ0v) is 14.8. The van der Waals surface area contributed by atoms with Crippen LogP contribution in [0, 0.1) is 5.92 Å². The number of nitrogens with zero attached hydrogens (tertiary/aromatic N) is 1. The molecule has 1 aliphatic heterocycles. The molecule has 0 aromatic carbocycles. The maximum atomic E-state index is 12.3. The largest absolute Gasteiger partial charge is 0.481 e. The van der Waals surface area contributed by atoms with Gasteiger partial charge in [-0.15, -0.1) is 0 Å². The molecule has 0 spiro atoms. The van der Waals surface area contributed by atoms with Gasteiger partial charge in [0.15, 0.2) is 0 Å². The van der Waals surface area contributed by atoms with E-state index < -0.39 is 22.0 Å². The lowest BCUT2D eigenvalue weighted by molar-refractivity contribution is -0.137. The fourth-order valence-electron chi connectivity index (χ4n) is 2.81. The number of carbonyl (C=O) groups excluding carboxylic acids is 1. The summed E-state index contributed by atoms with van der Waals surface area (Å²) in [7, 11) is -3.31. The molecule has 8 heteroatoms. The summed E-state index contributed by atoms with van der Waals surface area (Å²) >= 11 is 0. The van der Waals surface area contributed by atoms with Crippen molar-refractivity contribution in [2.24, 2.45) is 5.92 Å². The van der Waals surface area contributed by atoms with Crippen LogP contribution >= 0.6 is 0 Å². The van der Waals surface area contributed by atoms with E-state index in [9.17, 15) is 18.0 Å². The predicted molar refractivity (Wildman–Crippen MR) is 87.5 cm³/mol. The molecule has 0 saturated carbocycles. The molecule has 0 bridgehead atoms.